The van der Waals surface area contributed by atoms with E-state index in [9.17, 15) is 9.59 Å². The van der Waals surface area contributed by atoms with Crippen molar-refractivity contribution in [3.63, 3.8) is 0 Å². The van der Waals surface area contributed by atoms with Crippen molar-refractivity contribution in [1.82, 2.24) is 10.4 Å². The summed E-state index contributed by atoms with van der Waals surface area (Å²) in [6.45, 7) is 0.317. The molecule has 0 saturated carbocycles. The van der Waals surface area contributed by atoms with Crippen LogP contribution in [0.25, 0.3) is 0 Å². The smallest absolute Gasteiger partial charge is 0.311 e. The zero-order valence-corrected chi connectivity index (χ0v) is 18.3. The maximum atomic E-state index is 12.0. The first-order valence-corrected chi connectivity index (χ1v) is 10.4. The number of hydrazone groups is 1. The lowest BCUT2D eigenvalue weighted by Crippen LogP contribution is -2.17. The lowest BCUT2D eigenvalue weighted by atomic mass is 10.2. The zero-order valence-electron chi connectivity index (χ0n) is 16.8. The van der Waals surface area contributed by atoms with Crippen molar-refractivity contribution in [2.75, 3.05) is 6.61 Å². The van der Waals surface area contributed by atoms with E-state index < -0.39 is 0 Å². The van der Waals surface area contributed by atoms with Crippen LogP contribution < -0.4 is 14.9 Å². The Morgan fingerprint density at radius 2 is 1.78 bits per heavy atom. The van der Waals surface area contributed by atoms with Crippen molar-refractivity contribution in [3.8, 4) is 11.5 Å². The number of carbonyl (C=O) groups is 2. The highest BCUT2D eigenvalue weighted by Crippen LogP contribution is 2.27. The summed E-state index contributed by atoms with van der Waals surface area (Å²) in [7, 11) is 0. The summed E-state index contributed by atoms with van der Waals surface area (Å²) in [6, 6.07) is 14.9. The summed E-state index contributed by atoms with van der Waals surface area (Å²) in [5, 5.41) is 4.85. The molecule has 0 aliphatic heterocycles. The minimum Gasteiger partial charge on any atom is -0.492 e. The van der Waals surface area contributed by atoms with Gasteiger partial charge < -0.3 is 9.47 Å². The summed E-state index contributed by atoms with van der Waals surface area (Å²) in [6.07, 6.45) is 5.21. The maximum Gasteiger partial charge on any atom is 0.311 e. The van der Waals surface area contributed by atoms with Crippen molar-refractivity contribution in [1.29, 1.82) is 0 Å². The van der Waals surface area contributed by atoms with Gasteiger partial charge in [0.2, 0.25) is 0 Å². The van der Waals surface area contributed by atoms with Gasteiger partial charge in [-0.05, 0) is 66.6 Å². The number of esters is 1. The Morgan fingerprint density at radius 3 is 2.50 bits per heavy atom. The molecule has 1 aromatic heterocycles. The molecule has 7 nitrogen and oxygen atoms in total. The van der Waals surface area contributed by atoms with E-state index in [2.05, 4.69) is 15.5 Å². The first-order valence-electron chi connectivity index (χ1n) is 9.63. The minimum absolute atomic E-state index is 0.190. The molecule has 1 heterocycles. The van der Waals surface area contributed by atoms with Crippen LogP contribution in [0.5, 0.6) is 11.5 Å². The highest BCUT2D eigenvalue weighted by molar-refractivity contribution is 6.35. The second-order valence-corrected chi connectivity index (χ2v) is 7.35. The van der Waals surface area contributed by atoms with Gasteiger partial charge in [0.1, 0.15) is 11.5 Å². The van der Waals surface area contributed by atoms with Crippen molar-refractivity contribution in [2.45, 2.75) is 12.8 Å². The highest BCUT2D eigenvalue weighted by Gasteiger charge is 2.07. The van der Waals surface area contributed by atoms with Crippen LogP contribution in [0.1, 0.15) is 28.8 Å². The minimum atomic E-state index is -0.373. The van der Waals surface area contributed by atoms with Crippen LogP contribution in [0.4, 0.5) is 0 Å². The van der Waals surface area contributed by atoms with Crippen molar-refractivity contribution < 1.29 is 19.1 Å². The number of halogens is 2. The van der Waals surface area contributed by atoms with Gasteiger partial charge in [-0.1, -0.05) is 23.2 Å². The highest BCUT2D eigenvalue weighted by atomic mass is 35.5. The molecule has 32 heavy (non-hydrogen) atoms. The number of nitrogens with zero attached hydrogens (tertiary/aromatic N) is 2. The van der Waals surface area contributed by atoms with Crippen LogP contribution in [0.2, 0.25) is 10.0 Å². The average molecular weight is 472 g/mol. The van der Waals surface area contributed by atoms with Crippen LogP contribution in [-0.2, 0) is 4.79 Å². The van der Waals surface area contributed by atoms with E-state index in [1.807, 2.05) is 0 Å². The fourth-order valence-corrected chi connectivity index (χ4v) is 2.99. The summed E-state index contributed by atoms with van der Waals surface area (Å²) in [5.74, 6) is 0.214. The molecule has 0 radical (unpaired) electrons. The number of nitrogens with one attached hydrogen (secondary N) is 1. The van der Waals surface area contributed by atoms with Crippen LogP contribution in [-0.4, -0.2) is 29.7 Å². The number of hydrogen-bond donors (Lipinski definition) is 1. The number of pyridine rings is 1. The molecule has 0 aliphatic carbocycles. The fraction of sp³-hybridized carbons (Fsp3) is 0.130. The van der Waals surface area contributed by atoms with Gasteiger partial charge in [0.25, 0.3) is 5.91 Å². The number of aromatic nitrogens is 1. The van der Waals surface area contributed by atoms with E-state index in [0.29, 0.717) is 40.1 Å². The van der Waals surface area contributed by atoms with Gasteiger partial charge >= 0.3 is 5.97 Å². The second-order valence-electron chi connectivity index (χ2n) is 6.50. The van der Waals surface area contributed by atoms with Crippen molar-refractivity contribution >= 4 is 41.3 Å². The Hall–Kier alpha value is -3.42. The maximum absolute atomic E-state index is 12.0. The average Bonchev–Trinajstić information content (AvgIpc) is 2.79. The van der Waals surface area contributed by atoms with Crippen molar-refractivity contribution in [2.24, 2.45) is 5.10 Å². The van der Waals surface area contributed by atoms with Gasteiger partial charge in [0, 0.05) is 29.4 Å². The number of rotatable bonds is 9. The van der Waals surface area contributed by atoms with Gasteiger partial charge in [0.05, 0.1) is 17.8 Å². The molecule has 3 aromatic rings. The third-order valence-corrected chi connectivity index (χ3v) is 4.64. The van der Waals surface area contributed by atoms with Crippen LogP contribution >= 0.6 is 23.2 Å². The molecule has 3 rings (SSSR count). The number of amides is 1. The van der Waals surface area contributed by atoms with Gasteiger partial charge in [-0.25, -0.2) is 5.43 Å². The number of ether oxygens (including phenoxy) is 2. The summed E-state index contributed by atoms with van der Waals surface area (Å²) >= 11 is 11.9. The van der Waals surface area contributed by atoms with Crippen LogP contribution in [0.3, 0.4) is 0 Å². The normalized spacial score (nSPS) is 10.7. The third-order valence-electron chi connectivity index (χ3n) is 4.11. The predicted octanol–water partition coefficient (Wildman–Crippen LogP) is 4.92. The summed E-state index contributed by atoms with van der Waals surface area (Å²) < 4.78 is 10.8. The lowest BCUT2D eigenvalue weighted by Gasteiger charge is -2.08. The standard InChI is InChI=1S/C23H19Cl2N3O4/c24-18-5-8-21(20(25)14-18)31-13-1-2-22(29)32-19-6-3-16(4-7-19)15-27-28-23(30)17-9-11-26-12-10-17/h3-12,14-15H,1-2,13H2,(H,28,30)/b27-15-. The molecule has 9 heteroatoms. The summed E-state index contributed by atoms with van der Waals surface area (Å²) in [4.78, 5) is 27.8. The molecular weight excluding hydrogens is 453 g/mol. The molecule has 0 aliphatic rings. The Balaban J connectivity index is 1.39. The molecule has 0 bridgehead atoms. The van der Waals surface area contributed by atoms with E-state index in [0.717, 1.165) is 5.56 Å². The molecule has 0 spiro atoms. The second kappa shape index (κ2) is 11.8. The molecule has 0 atom stereocenters. The quantitative estimate of drug-likeness (QED) is 0.157. The zero-order chi connectivity index (χ0) is 22.8. The van der Waals surface area contributed by atoms with E-state index in [-0.39, 0.29) is 18.3 Å². The molecule has 0 saturated heterocycles. The molecular formula is C23H19Cl2N3O4. The Morgan fingerprint density at radius 1 is 1.03 bits per heavy atom. The van der Waals surface area contributed by atoms with Gasteiger partial charge in [-0.15, -0.1) is 0 Å². The third kappa shape index (κ3) is 7.37. The molecule has 0 fully saturated rings. The van der Waals surface area contributed by atoms with Crippen LogP contribution in [0, 0.1) is 0 Å². The number of benzene rings is 2. The predicted molar refractivity (Wildman–Crippen MR) is 123 cm³/mol. The molecule has 1 N–H and O–H groups in total. The molecule has 2 aromatic carbocycles. The van der Waals surface area contributed by atoms with Gasteiger partial charge in [-0.3, -0.25) is 14.6 Å². The topological polar surface area (TPSA) is 89.9 Å². The summed E-state index contributed by atoms with van der Waals surface area (Å²) in [5.41, 5.74) is 3.62. The first-order chi connectivity index (χ1) is 15.5. The fourth-order valence-electron chi connectivity index (χ4n) is 2.53. The van der Waals surface area contributed by atoms with E-state index in [1.165, 1.54) is 18.6 Å². The SMILES string of the molecule is O=C(CCCOc1ccc(Cl)cc1Cl)Oc1ccc(/C=N\NC(=O)c2ccncc2)cc1. The first kappa shape index (κ1) is 23.2. The van der Waals surface area contributed by atoms with E-state index >= 15 is 0 Å². The number of hydrogen-bond acceptors (Lipinski definition) is 6. The molecule has 0 unspecified atom stereocenters. The van der Waals surface area contributed by atoms with Gasteiger partial charge in [-0.2, -0.15) is 5.10 Å². The largest absolute Gasteiger partial charge is 0.492 e. The Kier molecular flexibility index (Phi) is 8.60. The van der Waals surface area contributed by atoms with E-state index in [4.69, 9.17) is 32.7 Å². The monoisotopic (exact) mass is 471 g/mol. The van der Waals surface area contributed by atoms with E-state index in [1.54, 1.807) is 54.6 Å². The Bertz CT molecular complexity index is 1090. The molecule has 1 amide bonds. The van der Waals surface area contributed by atoms with Crippen molar-refractivity contribution in [3.05, 3.63) is 88.2 Å². The number of carbonyl (C=O) groups excluding carboxylic acids is 2. The molecule has 164 valence electrons. The Labute approximate surface area is 195 Å². The lowest BCUT2D eigenvalue weighted by molar-refractivity contribution is -0.134. The van der Waals surface area contributed by atoms with Crippen LogP contribution in [0.15, 0.2) is 72.1 Å². The van der Waals surface area contributed by atoms with Gasteiger partial charge in [0.15, 0.2) is 0 Å².